The van der Waals surface area contributed by atoms with Crippen molar-refractivity contribution in [1.29, 1.82) is 0 Å². The quantitative estimate of drug-likeness (QED) is 0.249. The summed E-state index contributed by atoms with van der Waals surface area (Å²) in [6.07, 6.45) is 5.69. The second kappa shape index (κ2) is 10.9. The fourth-order valence-electron chi connectivity index (χ4n) is 5.19. The van der Waals surface area contributed by atoms with Gasteiger partial charge in [0.1, 0.15) is 11.9 Å². The molecule has 0 spiro atoms. The molecule has 1 aliphatic heterocycles. The molecule has 4 rings (SSSR count). The number of amides is 1. The Hall–Kier alpha value is -3.77. The summed E-state index contributed by atoms with van der Waals surface area (Å²) in [5.74, 6) is -0.565. The Morgan fingerprint density at radius 2 is 1.68 bits per heavy atom. The average molecular weight is 513 g/mol. The zero-order valence-corrected chi connectivity index (χ0v) is 23.0. The molecule has 0 saturated carbocycles. The van der Waals surface area contributed by atoms with E-state index in [0.717, 1.165) is 41.9 Å². The van der Waals surface area contributed by atoms with Crippen molar-refractivity contribution in [3.05, 3.63) is 101 Å². The van der Waals surface area contributed by atoms with Crippen molar-refractivity contribution in [2.75, 3.05) is 13.1 Å². The van der Waals surface area contributed by atoms with Crippen molar-refractivity contribution in [2.45, 2.75) is 58.9 Å². The normalized spacial score (nSPS) is 16.7. The summed E-state index contributed by atoms with van der Waals surface area (Å²) in [5, 5.41) is 12.8. The molecule has 0 bridgehead atoms. The van der Waals surface area contributed by atoms with E-state index in [1.54, 1.807) is 12.3 Å². The van der Waals surface area contributed by atoms with Crippen molar-refractivity contribution < 1.29 is 14.7 Å². The number of carboxylic acid groups (broad SMARTS) is 1. The van der Waals surface area contributed by atoms with E-state index in [9.17, 15) is 14.7 Å². The lowest BCUT2D eigenvalue weighted by molar-refractivity contribution is 0.0696. The Morgan fingerprint density at radius 1 is 0.974 bits per heavy atom. The van der Waals surface area contributed by atoms with E-state index in [1.807, 2.05) is 54.6 Å². The van der Waals surface area contributed by atoms with Gasteiger partial charge in [0.25, 0.3) is 5.91 Å². The number of rotatable bonds is 9. The van der Waals surface area contributed by atoms with Crippen molar-refractivity contribution >= 4 is 23.1 Å². The molecule has 1 amide bonds. The Kier molecular flexibility index (Phi) is 7.83. The number of quaternary nitrogens is 1. The van der Waals surface area contributed by atoms with Crippen LogP contribution in [0.5, 0.6) is 0 Å². The highest BCUT2D eigenvalue weighted by Crippen LogP contribution is 2.48. The van der Waals surface area contributed by atoms with E-state index < -0.39 is 5.97 Å². The van der Waals surface area contributed by atoms with Gasteiger partial charge in [0.15, 0.2) is 0 Å². The largest absolute Gasteiger partial charge is 0.478 e. The van der Waals surface area contributed by atoms with Gasteiger partial charge in [0.05, 0.1) is 34.5 Å². The molecule has 0 radical (unpaired) electrons. The molecule has 2 aromatic carbocycles. The SMILES string of the molecule is CC(C)c1ccc(C(=O)NCCCC[N+]2(C(C)(C)C)C=C(c3ccccn3)c3ccc(C(=O)O)cc32)cc1. The van der Waals surface area contributed by atoms with Crippen molar-refractivity contribution in [1.82, 2.24) is 14.8 Å². The lowest BCUT2D eigenvalue weighted by Gasteiger charge is -2.44. The van der Waals surface area contributed by atoms with Crippen molar-refractivity contribution in [2.24, 2.45) is 0 Å². The van der Waals surface area contributed by atoms with Gasteiger partial charge in [-0.1, -0.05) is 32.0 Å². The van der Waals surface area contributed by atoms with E-state index in [0.29, 0.717) is 22.5 Å². The third-order valence-electron chi connectivity index (χ3n) is 7.51. The van der Waals surface area contributed by atoms with E-state index in [1.165, 1.54) is 5.56 Å². The highest BCUT2D eigenvalue weighted by Gasteiger charge is 2.47. The minimum Gasteiger partial charge on any atom is -0.478 e. The highest BCUT2D eigenvalue weighted by molar-refractivity contribution is 5.95. The number of nitrogens with one attached hydrogen (secondary N) is 1. The van der Waals surface area contributed by atoms with Crippen LogP contribution in [0.2, 0.25) is 0 Å². The van der Waals surface area contributed by atoms with Crippen LogP contribution in [0.1, 0.15) is 90.9 Å². The average Bonchev–Trinajstić information content (AvgIpc) is 3.24. The molecule has 2 heterocycles. The second-order valence-electron chi connectivity index (χ2n) is 11.3. The number of pyridine rings is 1. The van der Waals surface area contributed by atoms with Crippen LogP contribution < -0.4 is 9.80 Å². The number of carbonyl (C=O) groups excluding carboxylic acids is 1. The molecule has 1 aliphatic rings. The predicted octanol–water partition coefficient (Wildman–Crippen LogP) is 6.62. The molecule has 38 heavy (non-hydrogen) atoms. The van der Waals surface area contributed by atoms with Crippen LogP contribution in [-0.2, 0) is 0 Å². The van der Waals surface area contributed by atoms with E-state index >= 15 is 0 Å². The molecular formula is C32H38N3O3+. The van der Waals surface area contributed by atoms with E-state index in [2.05, 4.69) is 51.1 Å². The molecule has 0 aliphatic carbocycles. The summed E-state index contributed by atoms with van der Waals surface area (Å²) in [4.78, 5) is 29.1. The minimum atomic E-state index is -0.935. The molecule has 1 atom stereocenters. The smallest absolute Gasteiger partial charge is 0.335 e. The van der Waals surface area contributed by atoms with Gasteiger partial charge in [0.2, 0.25) is 0 Å². The van der Waals surface area contributed by atoms with Gasteiger partial charge in [-0.05, 0) is 81.5 Å². The molecule has 198 valence electrons. The number of hydrogen-bond donors (Lipinski definition) is 2. The Balaban J connectivity index is 1.53. The topological polar surface area (TPSA) is 79.3 Å². The van der Waals surface area contributed by atoms with Gasteiger partial charge in [-0.25, -0.2) is 4.79 Å². The van der Waals surface area contributed by atoms with Crippen LogP contribution in [0.15, 0.2) is 73.1 Å². The number of carboxylic acids is 1. The van der Waals surface area contributed by atoms with Crippen LogP contribution in [0, 0.1) is 0 Å². The van der Waals surface area contributed by atoms with Gasteiger partial charge in [-0.3, -0.25) is 14.3 Å². The molecule has 1 unspecified atom stereocenters. The first-order valence-electron chi connectivity index (χ1n) is 13.3. The van der Waals surface area contributed by atoms with Crippen LogP contribution in [0.3, 0.4) is 0 Å². The van der Waals surface area contributed by atoms with Gasteiger partial charge in [0, 0.05) is 24.4 Å². The summed E-state index contributed by atoms with van der Waals surface area (Å²) in [5.41, 5.74) is 5.82. The molecule has 0 saturated heterocycles. The van der Waals surface area contributed by atoms with Gasteiger partial charge >= 0.3 is 5.97 Å². The number of aromatic nitrogens is 1. The van der Waals surface area contributed by atoms with E-state index in [4.69, 9.17) is 0 Å². The maximum atomic E-state index is 12.6. The zero-order valence-electron chi connectivity index (χ0n) is 23.0. The standard InChI is InChI=1S/C32H37N3O3/c1-22(2)23-11-13-24(14-12-23)30(36)34-18-8-9-19-35(32(3,4)5)21-27(28-10-6-7-17-33-28)26-16-15-25(31(37)38)20-29(26)35/h6-7,10-17,20-22H,8-9,18-19H2,1-5H3,(H-,34,36,37,38)/p+1. The summed E-state index contributed by atoms with van der Waals surface area (Å²) in [6, 6.07) is 19.1. The van der Waals surface area contributed by atoms with Crippen LogP contribution in [0.4, 0.5) is 5.69 Å². The van der Waals surface area contributed by atoms with Crippen LogP contribution >= 0.6 is 0 Å². The maximum absolute atomic E-state index is 12.6. The fourth-order valence-corrected chi connectivity index (χ4v) is 5.19. The molecule has 6 heteroatoms. The maximum Gasteiger partial charge on any atom is 0.335 e. The Labute approximate surface area is 225 Å². The first kappa shape index (κ1) is 27.3. The minimum absolute atomic E-state index is 0.0602. The number of carbonyl (C=O) groups is 2. The van der Waals surface area contributed by atoms with Gasteiger partial charge < -0.3 is 10.4 Å². The number of nitrogens with zero attached hydrogens (tertiary/aromatic N) is 2. The number of benzene rings is 2. The fraction of sp³-hybridized carbons (Fsp3) is 0.344. The monoisotopic (exact) mass is 512 g/mol. The number of fused-ring (bicyclic) bond motifs is 1. The summed E-state index contributed by atoms with van der Waals surface area (Å²) in [7, 11) is 0. The van der Waals surface area contributed by atoms with E-state index in [-0.39, 0.29) is 17.0 Å². The molecule has 1 aromatic heterocycles. The first-order chi connectivity index (χ1) is 18.0. The lowest BCUT2D eigenvalue weighted by Crippen LogP contribution is -2.57. The first-order valence-corrected chi connectivity index (χ1v) is 13.3. The van der Waals surface area contributed by atoms with Crippen LogP contribution in [0.25, 0.3) is 5.57 Å². The predicted molar refractivity (Wildman–Crippen MR) is 153 cm³/mol. The Morgan fingerprint density at radius 3 is 2.29 bits per heavy atom. The number of hydrogen-bond acceptors (Lipinski definition) is 3. The molecular weight excluding hydrogens is 474 g/mol. The summed E-state index contributed by atoms with van der Waals surface area (Å²) >= 11 is 0. The highest BCUT2D eigenvalue weighted by atomic mass is 16.4. The third-order valence-corrected chi connectivity index (χ3v) is 7.51. The van der Waals surface area contributed by atoms with Crippen molar-refractivity contribution in [3.63, 3.8) is 0 Å². The molecule has 3 aromatic rings. The van der Waals surface area contributed by atoms with Crippen molar-refractivity contribution in [3.8, 4) is 0 Å². The Bertz CT molecular complexity index is 1340. The van der Waals surface area contributed by atoms with Gasteiger partial charge in [-0.15, -0.1) is 0 Å². The van der Waals surface area contributed by atoms with Gasteiger partial charge in [-0.2, -0.15) is 0 Å². The molecule has 2 N–H and O–H groups in total. The zero-order chi connectivity index (χ0) is 27.5. The van der Waals surface area contributed by atoms with Crippen LogP contribution in [-0.4, -0.2) is 40.6 Å². The summed E-state index contributed by atoms with van der Waals surface area (Å²) in [6.45, 7) is 12.2. The lowest BCUT2D eigenvalue weighted by atomic mass is 9.97. The number of aromatic carboxylic acids is 1. The summed E-state index contributed by atoms with van der Waals surface area (Å²) < 4.78 is 0.514. The second-order valence-corrected chi connectivity index (χ2v) is 11.3. The number of unbranched alkanes of at least 4 members (excludes halogenated alkanes) is 1. The third kappa shape index (κ3) is 5.41. The molecule has 6 nitrogen and oxygen atoms in total. The molecule has 0 fully saturated rings.